The highest BCUT2D eigenvalue weighted by Crippen LogP contribution is 2.50. The van der Waals surface area contributed by atoms with Gasteiger partial charge in [-0.2, -0.15) is 0 Å². The standard InChI is InChI=1S/C11H14BrNO/c1-8-2-3-9(10(12)6-8)11(4-5-11)7-14-13/h2-3,6H,4-5,7,13H2,1H3. The van der Waals surface area contributed by atoms with Gasteiger partial charge in [0, 0.05) is 9.89 Å². The third-order valence-corrected chi connectivity index (χ3v) is 3.57. The number of halogens is 1. The number of hydrogen-bond donors (Lipinski definition) is 1. The Labute approximate surface area is 92.5 Å². The molecule has 1 saturated carbocycles. The molecule has 1 fully saturated rings. The van der Waals surface area contributed by atoms with E-state index < -0.39 is 0 Å². The Hall–Kier alpha value is -0.380. The lowest BCUT2D eigenvalue weighted by Gasteiger charge is -2.16. The van der Waals surface area contributed by atoms with Crippen LogP contribution in [0, 0.1) is 6.92 Å². The zero-order valence-electron chi connectivity index (χ0n) is 8.22. The smallest absolute Gasteiger partial charge is 0.0776 e. The molecule has 1 aliphatic carbocycles. The SMILES string of the molecule is Cc1ccc(C2(CON)CC2)c(Br)c1. The largest absolute Gasteiger partial charge is 0.304 e. The highest BCUT2D eigenvalue weighted by atomic mass is 79.9. The van der Waals surface area contributed by atoms with Crippen LogP contribution in [0.25, 0.3) is 0 Å². The second-order valence-electron chi connectivity index (χ2n) is 4.07. The molecule has 0 radical (unpaired) electrons. The summed E-state index contributed by atoms with van der Waals surface area (Å²) in [6.45, 7) is 2.71. The maximum Gasteiger partial charge on any atom is 0.0776 e. The fourth-order valence-electron chi connectivity index (χ4n) is 1.85. The zero-order chi connectivity index (χ0) is 10.2. The van der Waals surface area contributed by atoms with Crippen molar-refractivity contribution in [2.75, 3.05) is 6.61 Å². The lowest BCUT2D eigenvalue weighted by Crippen LogP contribution is -2.18. The highest BCUT2D eigenvalue weighted by Gasteiger charge is 2.45. The molecule has 0 aromatic heterocycles. The molecule has 0 bridgehead atoms. The molecule has 1 aliphatic rings. The van der Waals surface area contributed by atoms with Crippen LogP contribution >= 0.6 is 15.9 Å². The molecule has 76 valence electrons. The summed E-state index contributed by atoms with van der Waals surface area (Å²) in [6.07, 6.45) is 2.34. The Bertz CT molecular complexity index is 347. The molecule has 0 aliphatic heterocycles. The van der Waals surface area contributed by atoms with Gasteiger partial charge in [0.2, 0.25) is 0 Å². The van der Waals surface area contributed by atoms with Crippen molar-refractivity contribution < 1.29 is 4.84 Å². The van der Waals surface area contributed by atoms with Crippen LogP contribution in [0.4, 0.5) is 0 Å². The van der Waals surface area contributed by atoms with Gasteiger partial charge in [-0.1, -0.05) is 28.1 Å². The van der Waals surface area contributed by atoms with Gasteiger partial charge in [0.25, 0.3) is 0 Å². The molecular formula is C11H14BrNO. The van der Waals surface area contributed by atoms with Crippen molar-refractivity contribution in [3.63, 3.8) is 0 Å². The average molecular weight is 256 g/mol. The van der Waals surface area contributed by atoms with E-state index in [2.05, 4.69) is 41.1 Å². The molecule has 0 atom stereocenters. The molecular weight excluding hydrogens is 242 g/mol. The average Bonchev–Trinajstić information content (AvgIpc) is 2.86. The number of benzene rings is 1. The van der Waals surface area contributed by atoms with Crippen LogP contribution in [0.1, 0.15) is 24.0 Å². The zero-order valence-corrected chi connectivity index (χ0v) is 9.80. The van der Waals surface area contributed by atoms with Crippen molar-refractivity contribution in [2.24, 2.45) is 5.90 Å². The minimum absolute atomic E-state index is 0.182. The fraction of sp³-hybridized carbons (Fsp3) is 0.455. The summed E-state index contributed by atoms with van der Waals surface area (Å²) in [7, 11) is 0. The van der Waals surface area contributed by atoms with Gasteiger partial charge in [-0.05, 0) is 37.0 Å². The van der Waals surface area contributed by atoms with Crippen LogP contribution in [0.2, 0.25) is 0 Å². The third kappa shape index (κ3) is 1.72. The molecule has 1 aromatic rings. The summed E-state index contributed by atoms with van der Waals surface area (Å²) < 4.78 is 1.17. The topological polar surface area (TPSA) is 35.2 Å². The number of nitrogens with two attached hydrogens (primary N) is 1. The Morgan fingerprint density at radius 2 is 2.21 bits per heavy atom. The van der Waals surface area contributed by atoms with E-state index in [4.69, 9.17) is 10.7 Å². The highest BCUT2D eigenvalue weighted by molar-refractivity contribution is 9.10. The van der Waals surface area contributed by atoms with E-state index in [-0.39, 0.29) is 5.41 Å². The van der Waals surface area contributed by atoms with Crippen LogP contribution < -0.4 is 5.90 Å². The minimum atomic E-state index is 0.182. The Kier molecular flexibility index (Phi) is 2.64. The molecule has 3 heteroatoms. The first-order valence-electron chi connectivity index (χ1n) is 4.76. The first-order valence-corrected chi connectivity index (χ1v) is 5.56. The summed E-state index contributed by atoms with van der Waals surface area (Å²) in [5, 5.41) is 0. The molecule has 0 spiro atoms. The van der Waals surface area contributed by atoms with Gasteiger partial charge >= 0.3 is 0 Å². The van der Waals surface area contributed by atoms with Crippen LogP contribution in [0.15, 0.2) is 22.7 Å². The molecule has 0 amide bonds. The maximum absolute atomic E-state index is 5.16. The molecule has 2 N–H and O–H groups in total. The van der Waals surface area contributed by atoms with Crippen LogP contribution in [0.5, 0.6) is 0 Å². The van der Waals surface area contributed by atoms with Crippen molar-refractivity contribution in [3.8, 4) is 0 Å². The van der Waals surface area contributed by atoms with Gasteiger partial charge in [-0.25, -0.2) is 5.90 Å². The fourth-order valence-corrected chi connectivity index (χ4v) is 2.77. The molecule has 2 rings (SSSR count). The normalized spacial score (nSPS) is 18.2. The molecule has 0 saturated heterocycles. The van der Waals surface area contributed by atoms with Crippen molar-refractivity contribution in [3.05, 3.63) is 33.8 Å². The second kappa shape index (κ2) is 3.65. The molecule has 2 nitrogen and oxygen atoms in total. The predicted molar refractivity (Wildman–Crippen MR) is 59.9 cm³/mol. The maximum atomic E-state index is 5.16. The first-order chi connectivity index (χ1) is 6.68. The number of aryl methyl sites for hydroxylation is 1. The minimum Gasteiger partial charge on any atom is -0.304 e. The van der Waals surface area contributed by atoms with Gasteiger partial charge < -0.3 is 4.84 Å². The monoisotopic (exact) mass is 255 g/mol. The number of rotatable bonds is 3. The second-order valence-corrected chi connectivity index (χ2v) is 4.93. The van der Waals surface area contributed by atoms with Crippen LogP contribution in [-0.2, 0) is 10.3 Å². The van der Waals surface area contributed by atoms with Crippen molar-refractivity contribution in [1.82, 2.24) is 0 Å². The van der Waals surface area contributed by atoms with E-state index in [1.54, 1.807) is 0 Å². The summed E-state index contributed by atoms with van der Waals surface area (Å²) in [5.74, 6) is 5.16. The predicted octanol–water partition coefficient (Wildman–Crippen LogP) is 2.68. The molecule has 0 heterocycles. The van der Waals surface area contributed by atoms with Crippen molar-refractivity contribution in [2.45, 2.75) is 25.2 Å². The van der Waals surface area contributed by atoms with E-state index in [0.29, 0.717) is 6.61 Å². The number of hydrogen-bond acceptors (Lipinski definition) is 2. The summed E-state index contributed by atoms with van der Waals surface area (Å²) in [5.41, 5.74) is 2.78. The first kappa shape index (κ1) is 10.1. The van der Waals surface area contributed by atoms with Crippen LogP contribution in [-0.4, -0.2) is 6.61 Å². The van der Waals surface area contributed by atoms with E-state index in [1.807, 2.05) is 0 Å². The Morgan fingerprint density at radius 1 is 1.50 bits per heavy atom. The van der Waals surface area contributed by atoms with Crippen molar-refractivity contribution >= 4 is 15.9 Å². The van der Waals surface area contributed by atoms with E-state index >= 15 is 0 Å². The summed E-state index contributed by atoms with van der Waals surface area (Å²) in [6, 6.07) is 6.45. The molecule has 14 heavy (non-hydrogen) atoms. The molecule has 1 aromatic carbocycles. The third-order valence-electron chi connectivity index (χ3n) is 2.91. The lowest BCUT2D eigenvalue weighted by atomic mass is 9.96. The quantitative estimate of drug-likeness (QED) is 0.844. The van der Waals surface area contributed by atoms with Gasteiger partial charge in [0.05, 0.1) is 6.61 Å². The van der Waals surface area contributed by atoms with Gasteiger partial charge in [-0.3, -0.25) is 0 Å². The van der Waals surface area contributed by atoms with Gasteiger partial charge in [0.1, 0.15) is 0 Å². The summed E-state index contributed by atoms with van der Waals surface area (Å²) in [4.78, 5) is 4.79. The Balaban J connectivity index is 2.32. The lowest BCUT2D eigenvalue weighted by molar-refractivity contribution is 0.116. The van der Waals surface area contributed by atoms with Crippen molar-refractivity contribution in [1.29, 1.82) is 0 Å². The molecule has 0 unspecified atom stereocenters. The van der Waals surface area contributed by atoms with Gasteiger partial charge in [-0.15, -0.1) is 0 Å². The van der Waals surface area contributed by atoms with Crippen LogP contribution in [0.3, 0.4) is 0 Å². The van der Waals surface area contributed by atoms with E-state index in [9.17, 15) is 0 Å². The Morgan fingerprint density at radius 3 is 2.71 bits per heavy atom. The van der Waals surface area contributed by atoms with E-state index in [0.717, 1.165) is 0 Å². The summed E-state index contributed by atoms with van der Waals surface area (Å²) >= 11 is 3.60. The van der Waals surface area contributed by atoms with E-state index in [1.165, 1.54) is 28.4 Å². The van der Waals surface area contributed by atoms with Gasteiger partial charge in [0.15, 0.2) is 0 Å².